The summed E-state index contributed by atoms with van der Waals surface area (Å²) in [6.45, 7) is 1.06. The summed E-state index contributed by atoms with van der Waals surface area (Å²) in [6.07, 6.45) is -5.22. The maximum absolute atomic E-state index is 14.2. The van der Waals surface area contributed by atoms with Gasteiger partial charge in [-0.1, -0.05) is 41.7 Å². The van der Waals surface area contributed by atoms with Gasteiger partial charge < -0.3 is 15.4 Å². The van der Waals surface area contributed by atoms with Crippen molar-refractivity contribution in [2.45, 2.75) is 18.8 Å². The molecule has 0 saturated heterocycles. The third kappa shape index (κ3) is 4.16. The van der Waals surface area contributed by atoms with Crippen LogP contribution in [-0.2, 0) is 9.53 Å². The van der Waals surface area contributed by atoms with E-state index in [1.807, 2.05) is 0 Å². The number of nitrogens with zero attached hydrogens (tertiary/aromatic N) is 1. The van der Waals surface area contributed by atoms with Crippen LogP contribution in [0.25, 0.3) is 10.2 Å². The minimum atomic E-state index is -5.22. The standard InChI is InChI=1S/C19H16F3N3O3S/c1-2-28-16(27)18(19(20,21)22,24-15(26)12-8-4-3-5-9-12)25-17-23-13-10-6-7-11-14(13)29-17/h3-11H,2H2,1H3,(H,23,25)(H,24,26). The lowest BCUT2D eigenvalue weighted by atomic mass is 10.1. The van der Waals surface area contributed by atoms with Crippen molar-refractivity contribution in [1.29, 1.82) is 0 Å². The van der Waals surface area contributed by atoms with E-state index in [1.54, 1.807) is 35.6 Å². The Labute approximate surface area is 167 Å². The van der Waals surface area contributed by atoms with Gasteiger partial charge in [-0.2, -0.15) is 13.2 Å². The first kappa shape index (κ1) is 20.6. The number of hydrogen-bond acceptors (Lipinski definition) is 6. The first-order chi connectivity index (χ1) is 13.8. The molecule has 1 unspecified atom stereocenters. The maximum atomic E-state index is 14.2. The Hall–Kier alpha value is -3.14. The number of rotatable bonds is 6. The highest BCUT2D eigenvalue weighted by molar-refractivity contribution is 7.22. The van der Waals surface area contributed by atoms with E-state index < -0.39 is 23.7 Å². The maximum Gasteiger partial charge on any atom is 0.442 e. The Morgan fingerprint density at radius 1 is 1.07 bits per heavy atom. The van der Waals surface area contributed by atoms with Gasteiger partial charge in [0.15, 0.2) is 5.13 Å². The normalized spacial score (nSPS) is 13.5. The number of esters is 1. The van der Waals surface area contributed by atoms with E-state index in [4.69, 9.17) is 0 Å². The molecule has 0 saturated carbocycles. The zero-order valence-corrected chi connectivity index (χ0v) is 15.9. The number of amides is 1. The average molecular weight is 423 g/mol. The van der Waals surface area contributed by atoms with E-state index in [-0.39, 0.29) is 17.3 Å². The number of carbonyl (C=O) groups is 2. The monoisotopic (exact) mass is 423 g/mol. The second-order valence-corrected chi connectivity index (χ2v) is 6.93. The van der Waals surface area contributed by atoms with E-state index >= 15 is 0 Å². The molecule has 0 aliphatic heterocycles. The summed E-state index contributed by atoms with van der Waals surface area (Å²) >= 11 is 0.917. The summed E-state index contributed by atoms with van der Waals surface area (Å²) in [5.41, 5.74) is -3.10. The van der Waals surface area contributed by atoms with Gasteiger partial charge in [0, 0.05) is 5.56 Å². The van der Waals surface area contributed by atoms with Gasteiger partial charge in [-0.25, -0.2) is 9.78 Å². The lowest BCUT2D eigenvalue weighted by Crippen LogP contribution is -2.69. The van der Waals surface area contributed by atoms with E-state index in [0.29, 0.717) is 10.2 Å². The molecule has 3 aromatic rings. The minimum Gasteiger partial charge on any atom is -0.463 e. The van der Waals surface area contributed by atoms with Crippen LogP contribution in [0.2, 0.25) is 0 Å². The zero-order valence-electron chi connectivity index (χ0n) is 15.1. The topological polar surface area (TPSA) is 80.3 Å². The number of nitrogens with one attached hydrogen (secondary N) is 2. The second kappa shape index (κ2) is 8.08. The predicted octanol–water partition coefficient (Wildman–Crippen LogP) is 3.96. The molecular formula is C19H16F3N3O3S. The molecule has 29 heavy (non-hydrogen) atoms. The molecular weight excluding hydrogens is 407 g/mol. The van der Waals surface area contributed by atoms with Gasteiger partial charge in [-0.3, -0.25) is 4.79 Å². The van der Waals surface area contributed by atoms with Gasteiger partial charge in [0.1, 0.15) is 0 Å². The summed E-state index contributed by atoms with van der Waals surface area (Å²) in [7, 11) is 0. The molecule has 0 aliphatic rings. The van der Waals surface area contributed by atoms with Crippen molar-refractivity contribution in [3.63, 3.8) is 0 Å². The number of para-hydroxylation sites is 1. The molecule has 152 valence electrons. The summed E-state index contributed by atoms with van der Waals surface area (Å²) in [4.78, 5) is 29.0. The number of ether oxygens (including phenoxy) is 1. The Balaban J connectivity index is 2.05. The third-order valence-electron chi connectivity index (χ3n) is 3.93. The zero-order chi connectivity index (χ0) is 21.1. The third-order valence-corrected chi connectivity index (χ3v) is 4.88. The predicted molar refractivity (Wildman–Crippen MR) is 103 cm³/mol. The molecule has 1 amide bonds. The Bertz CT molecular complexity index is 990. The van der Waals surface area contributed by atoms with Crippen LogP contribution < -0.4 is 10.6 Å². The Kier molecular flexibility index (Phi) is 5.73. The molecule has 1 aromatic heterocycles. The Morgan fingerprint density at radius 2 is 1.72 bits per heavy atom. The van der Waals surface area contributed by atoms with Gasteiger partial charge >= 0.3 is 17.8 Å². The van der Waals surface area contributed by atoms with Gasteiger partial charge in [-0.15, -0.1) is 0 Å². The largest absolute Gasteiger partial charge is 0.463 e. The molecule has 0 bridgehead atoms. The number of aromatic nitrogens is 1. The number of hydrogen-bond donors (Lipinski definition) is 2. The van der Waals surface area contributed by atoms with Crippen LogP contribution >= 0.6 is 11.3 Å². The Morgan fingerprint density at radius 3 is 2.34 bits per heavy atom. The molecule has 0 fully saturated rings. The van der Waals surface area contributed by atoms with Crippen molar-refractivity contribution in [3.05, 3.63) is 60.2 Å². The lowest BCUT2D eigenvalue weighted by Gasteiger charge is -2.34. The number of thiazole rings is 1. The molecule has 6 nitrogen and oxygen atoms in total. The minimum absolute atomic E-state index is 0.0449. The van der Waals surface area contributed by atoms with Crippen LogP contribution in [0.1, 0.15) is 17.3 Å². The summed E-state index contributed by atoms with van der Waals surface area (Å²) in [5, 5.41) is 3.67. The van der Waals surface area contributed by atoms with Gasteiger partial charge in [0.05, 0.1) is 16.8 Å². The highest BCUT2D eigenvalue weighted by atomic mass is 32.1. The van der Waals surface area contributed by atoms with Crippen LogP contribution in [0.5, 0.6) is 0 Å². The van der Waals surface area contributed by atoms with Crippen molar-refractivity contribution in [3.8, 4) is 0 Å². The van der Waals surface area contributed by atoms with Crippen LogP contribution in [0.15, 0.2) is 54.6 Å². The van der Waals surface area contributed by atoms with Crippen LogP contribution in [0.4, 0.5) is 18.3 Å². The van der Waals surface area contributed by atoms with Crippen molar-refractivity contribution in [2.75, 3.05) is 11.9 Å². The number of fused-ring (bicyclic) bond motifs is 1. The number of benzene rings is 2. The average Bonchev–Trinajstić information content (AvgIpc) is 3.09. The van der Waals surface area contributed by atoms with Gasteiger partial charge in [0.25, 0.3) is 5.91 Å². The summed E-state index contributed by atoms with van der Waals surface area (Å²) < 4.78 is 47.8. The fraction of sp³-hybridized carbons (Fsp3) is 0.211. The van der Waals surface area contributed by atoms with E-state index in [0.717, 1.165) is 11.3 Å². The highest BCUT2D eigenvalue weighted by Gasteiger charge is 2.64. The summed E-state index contributed by atoms with van der Waals surface area (Å²) in [6, 6.07) is 14.0. The molecule has 1 heterocycles. The molecule has 0 radical (unpaired) electrons. The van der Waals surface area contributed by atoms with Crippen molar-refractivity contribution in [1.82, 2.24) is 10.3 Å². The SMILES string of the molecule is CCOC(=O)C(NC(=O)c1ccccc1)(Nc1nc2ccccc2s1)C(F)(F)F. The van der Waals surface area contributed by atoms with Gasteiger partial charge in [0.2, 0.25) is 0 Å². The summed E-state index contributed by atoms with van der Waals surface area (Å²) in [5.74, 6) is -2.78. The van der Waals surface area contributed by atoms with E-state index in [1.165, 1.54) is 31.2 Å². The molecule has 3 rings (SSSR count). The van der Waals surface area contributed by atoms with E-state index in [2.05, 4.69) is 15.0 Å². The van der Waals surface area contributed by atoms with Crippen LogP contribution in [-0.4, -0.2) is 35.3 Å². The first-order valence-electron chi connectivity index (χ1n) is 8.52. The van der Waals surface area contributed by atoms with Crippen molar-refractivity contribution >= 4 is 38.6 Å². The van der Waals surface area contributed by atoms with Crippen molar-refractivity contribution in [2.24, 2.45) is 0 Å². The van der Waals surface area contributed by atoms with Crippen LogP contribution in [0.3, 0.4) is 0 Å². The fourth-order valence-corrected chi connectivity index (χ4v) is 3.47. The van der Waals surface area contributed by atoms with E-state index in [9.17, 15) is 22.8 Å². The second-order valence-electron chi connectivity index (χ2n) is 5.90. The smallest absolute Gasteiger partial charge is 0.442 e. The molecule has 0 spiro atoms. The molecule has 2 N–H and O–H groups in total. The number of alkyl halides is 3. The molecule has 2 aromatic carbocycles. The number of halogens is 3. The van der Waals surface area contributed by atoms with Gasteiger partial charge in [-0.05, 0) is 31.2 Å². The number of carbonyl (C=O) groups excluding carboxylic acids is 2. The lowest BCUT2D eigenvalue weighted by molar-refractivity contribution is -0.204. The first-order valence-corrected chi connectivity index (χ1v) is 9.34. The molecule has 1 atom stereocenters. The molecule has 0 aliphatic carbocycles. The highest BCUT2D eigenvalue weighted by Crippen LogP contribution is 2.36. The van der Waals surface area contributed by atoms with Crippen molar-refractivity contribution < 1.29 is 27.5 Å². The van der Waals surface area contributed by atoms with Crippen LogP contribution in [0, 0.1) is 0 Å². The fourth-order valence-electron chi connectivity index (χ4n) is 2.55. The number of anilines is 1. The quantitative estimate of drug-likeness (QED) is 0.463. The molecule has 10 heteroatoms.